The fourth-order valence-electron chi connectivity index (χ4n) is 2.25. The first-order chi connectivity index (χ1) is 11.6. The molecule has 0 heterocycles. The molecule has 0 radical (unpaired) electrons. The number of halogens is 2. The predicted octanol–water partition coefficient (Wildman–Crippen LogP) is 2.19. The number of nitrogens with two attached hydrogens (primary N) is 1. The van der Waals surface area contributed by atoms with Gasteiger partial charge in [-0.05, 0) is 24.3 Å². The topological polar surface area (TPSA) is 107 Å². The standard InChI is InChI=1S/C15H15F2N3O4S/c1-19(9-14(18)15-12(16)3-2-4-13(15)17)25(23,24)11-7-5-10(6-8-11)20(21)22/h2-8,14H,9,18H2,1H3. The molecule has 10 heteroatoms. The molecule has 0 saturated carbocycles. The Morgan fingerprint density at radius 1 is 1.16 bits per heavy atom. The van der Waals surface area contributed by atoms with Gasteiger partial charge in [-0.25, -0.2) is 17.2 Å². The predicted molar refractivity (Wildman–Crippen MR) is 86.2 cm³/mol. The van der Waals surface area contributed by atoms with E-state index in [0.717, 1.165) is 40.7 Å². The highest BCUT2D eigenvalue weighted by Gasteiger charge is 2.26. The number of non-ortho nitro benzene ring substituents is 1. The Kier molecular flexibility index (Phi) is 5.45. The van der Waals surface area contributed by atoms with Crippen molar-refractivity contribution in [3.63, 3.8) is 0 Å². The molecule has 2 aromatic rings. The zero-order valence-electron chi connectivity index (χ0n) is 13.1. The number of nitro benzene ring substituents is 1. The largest absolute Gasteiger partial charge is 0.323 e. The smallest absolute Gasteiger partial charge is 0.269 e. The third-order valence-electron chi connectivity index (χ3n) is 3.58. The molecule has 2 rings (SSSR count). The molecule has 0 saturated heterocycles. The SMILES string of the molecule is CN(CC(N)c1c(F)cccc1F)S(=O)(=O)c1ccc([N+](=O)[O-])cc1. The van der Waals surface area contributed by atoms with Crippen LogP contribution in [0.25, 0.3) is 0 Å². The van der Waals surface area contributed by atoms with Crippen LogP contribution in [-0.2, 0) is 10.0 Å². The van der Waals surface area contributed by atoms with Crippen LogP contribution >= 0.6 is 0 Å². The Hall–Kier alpha value is -2.43. The van der Waals surface area contributed by atoms with Gasteiger partial charge in [-0.3, -0.25) is 10.1 Å². The van der Waals surface area contributed by atoms with E-state index in [0.29, 0.717) is 0 Å². The minimum atomic E-state index is -4.02. The normalized spacial score (nSPS) is 13.0. The van der Waals surface area contributed by atoms with Crippen molar-refractivity contribution in [2.75, 3.05) is 13.6 Å². The van der Waals surface area contributed by atoms with E-state index < -0.39 is 38.2 Å². The lowest BCUT2D eigenvalue weighted by Crippen LogP contribution is -2.34. The summed E-state index contributed by atoms with van der Waals surface area (Å²) < 4.78 is 53.2. The summed E-state index contributed by atoms with van der Waals surface area (Å²) in [6.07, 6.45) is 0. The third-order valence-corrected chi connectivity index (χ3v) is 5.42. The molecule has 0 amide bonds. The van der Waals surface area contributed by atoms with Crippen molar-refractivity contribution in [3.8, 4) is 0 Å². The van der Waals surface area contributed by atoms with Gasteiger partial charge in [-0.15, -0.1) is 0 Å². The van der Waals surface area contributed by atoms with Crippen LogP contribution in [0.3, 0.4) is 0 Å². The van der Waals surface area contributed by atoms with E-state index in [2.05, 4.69) is 0 Å². The molecule has 0 aliphatic carbocycles. The maximum absolute atomic E-state index is 13.7. The Morgan fingerprint density at radius 2 is 1.68 bits per heavy atom. The zero-order valence-corrected chi connectivity index (χ0v) is 13.9. The minimum Gasteiger partial charge on any atom is -0.323 e. The van der Waals surface area contributed by atoms with Crippen molar-refractivity contribution in [2.24, 2.45) is 5.73 Å². The van der Waals surface area contributed by atoms with Crippen LogP contribution in [-0.4, -0.2) is 31.2 Å². The van der Waals surface area contributed by atoms with Gasteiger partial charge in [0.15, 0.2) is 0 Å². The van der Waals surface area contributed by atoms with Gasteiger partial charge in [0.05, 0.1) is 9.82 Å². The molecule has 2 N–H and O–H groups in total. The van der Waals surface area contributed by atoms with Gasteiger partial charge in [0.25, 0.3) is 5.69 Å². The summed E-state index contributed by atoms with van der Waals surface area (Å²) in [7, 11) is -2.82. The summed E-state index contributed by atoms with van der Waals surface area (Å²) in [5, 5.41) is 10.6. The van der Waals surface area contributed by atoms with Crippen LogP contribution in [0.4, 0.5) is 14.5 Å². The Labute approximate surface area is 142 Å². The second-order valence-corrected chi connectivity index (χ2v) is 7.32. The van der Waals surface area contributed by atoms with Crippen LogP contribution in [0, 0.1) is 21.7 Å². The fraction of sp³-hybridized carbons (Fsp3) is 0.200. The van der Waals surface area contributed by atoms with E-state index >= 15 is 0 Å². The van der Waals surface area contributed by atoms with Gasteiger partial charge in [0, 0.05) is 37.3 Å². The average molecular weight is 371 g/mol. The lowest BCUT2D eigenvalue weighted by Gasteiger charge is -2.22. The van der Waals surface area contributed by atoms with Crippen LogP contribution in [0.2, 0.25) is 0 Å². The van der Waals surface area contributed by atoms with Crippen molar-refractivity contribution < 1.29 is 22.1 Å². The molecule has 1 unspecified atom stereocenters. The van der Waals surface area contributed by atoms with Crippen LogP contribution in [0.15, 0.2) is 47.4 Å². The number of nitrogens with zero attached hydrogens (tertiary/aromatic N) is 2. The second-order valence-electron chi connectivity index (χ2n) is 5.28. The number of nitro groups is 1. The average Bonchev–Trinajstić information content (AvgIpc) is 2.54. The summed E-state index contributed by atoms with van der Waals surface area (Å²) >= 11 is 0. The van der Waals surface area contributed by atoms with Crippen molar-refractivity contribution in [3.05, 3.63) is 69.8 Å². The molecular weight excluding hydrogens is 356 g/mol. The number of benzene rings is 2. The molecule has 0 aliphatic rings. The molecule has 1 atom stereocenters. The highest BCUT2D eigenvalue weighted by atomic mass is 32.2. The fourth-order valence-corrected chi connectivity index (χ4v) is 3.45. The number of rotatable bonds is 6. The molecule has 134 valence electrons. The van der Waals surface area contributed by atoms with Crippen LogP contribution in [0.1, 0.15) is 11.6 Å². The molecule has 0 fully saturated rings. The first-order valence-electron chi connectivity index (χ1n) is 7.05. The second kappa shape index (κ2) is 7.21. The van der Waals surface area contributed by atoms with Gasteiger partial charge in [-0.2, -0.15) is 4.31 Å². The van der Waals surface area contributed by atoms with Crippen LogP contribution in [0.5, 0.6) is 0 Å². The van der Waals surface area contributed by atoms with Gasteiger partial charge < -0.3 is 5.73 Å². The van der Waals surface area contributed by atoms with Crippen molar-refractivity contribution in [1.82, 2.24) is 4.31 Å². The quantitative estimate of drug-likeness (QED) is 0.619. The van der Waals surface area contributed by atoms with E-state index in [-0.39, 0.29) is 17.1 Å². The maximum Gasteiger partial charge on any atom is 0.269 e. The molecule has 0 aliphatic heterocycles. The van der Waals surface area contributed by atoms with E-state index in [1.165, 1.54) is 13.1 Å². The molecule has 7 nitrogen and oxygen atoms in total. The molecular formula is C15H15F2N3O4S. The lowest BCUT2D eigenvalue weighted by atomic mass is 10.1. The van der Waals surface area contributed by atoms with Crippen molar-refractivity contribution in [1.29, 1.82) is 0 Å². The monoisotopic (exact) mass is 371 g/mol. The zero-order chi connectivity index (χ0) is 18.8. The molecule has 0 aromatic heterocycles. The summed E-state index contributed by atoms with van der Waals surface area (Å²) in [4.78, 5) is 9.77. The van der Waals surface area contributed by atoms with Gasteiger partial charge in [-0.1, -0.05) is 6.07 Å². The number of sulfonamides is 1. The first kappa shape index (κ1) is 18.9. The summed E-state index contributed by atoms with van der Waals surface area (Å²) in [5.74, 6) is -1.73. The molecule has 2 aromatic carbocycles. The highest BCUT2D eigenvalue weighted by Crippen LogP contribution is 2.23. The molecule has 0 bridgehead atoms. The van der Waals surface area contributed by atoms with Gasteiger partial charge >= 0.3 is 0 Å². The van der Waals surface area contributed by atoms with Gasteiger partial charge in [0.2, 0.25) is 10.0 Å². The van der Waals surface area contributed by atoms with E-state index in [4.69, 9.17) is 5.73 Å². The first-order valence-corrected chi connectivity index (χ1v) is 8.49. The Balaban J connectivity index is 2.24. The Bertz CT molecular complexity index is 868. The highest BCUT2D eigenvalue weighted by molar-refractivity contribution is 7.89. The molecule has 25 heavy (non-hydrogen) atoms. The summed E-state index contributed by atoms with van der Waals surface area (Å²) in [6.45, 7) is -0.378. The number of hydrogen-bond donors (Lipinski definition) is 1. The van der Waals surface area contributed by atoms with Crippen LogP contribution < -0.4 is 5.73 Å². The van der Waals surface area contributed by atoms with Gasteiger partial charge in [0.1, 0.15) is 11.6 Å². The lowest BCUT2D eigenvalue weighted by molar-refractivity contribution is -0.384. The van der Waals surface area contributed by atoms with Crippen molar-refractivity contribution in [2.45, 2.75) is 10.9 Å². The van der Waals surface area contributed by atoms with E-state index in [9.17, 15) is 27.3 Å². The number of likely N-dealkylation sites (N-methyl/N-ethyl adjacent to an activating group) is 1. The summed E-state index contributed by atoms with van der Waals surface area (Å²) in [5.41, 5.74) is 5.09. The minimum absolute atomic E-state index is 0.193. The maximum atomic E-state index is 13.7. The summed E-state index contributed by atoms with van der Waals surface area (Å²) in [6, 6.07) is 6.29. The number of hydrogen-bond acceptors (Lipinski definition) is 5. The Morgan fingerprint density at radius 3 is 2.16 bits per heavy atom. The van der Waals surface area contributed by atoms with E-state index in [1.807, 2.05) is 0 Å². The molecule has 0 spiro atoms. The van der Waals surface area contributed by atoms with E-state index in [1.54, 1.807) is 0 Å². The van der Waals surface area contributed by atoms with Crippen molar-refractivity contribution >= 4 is 15.7 Å². The third kappa shape index (κ3) is 3.98.